The van der Waals surface area contributed by atoms with Crippen molar-refractivity contribution in [3.63, 3.8) is 0 Å². The number of rotatable bonds is 6. The number of fused-ring (bicyclic) bond motifs is 4. The largest absolute Gasteiger partial charge is 0.456 e. The van der Waals surface area contributed by atoms with E-state index in [1.165, 1.54) is 21.9 Å². The molecule has 0 aliphatic heterocycles. The number of hydrogen-bond acceptors (Lipinski definition) is 4. The van der Waals surface area contributed by atoms with Crippen molar-refractivity contribution in [1.29, 1.82) is 0 Å². The molecule has 0 aliphatic carbocycles. The van der Waals surface area contributed by atoms with Gasteiger partial charge in [0.25, 0.3) is 0 Å². The minimum atomic E-state index is 0.595. The monoisotopic (exact) mass is 677 g/mol. The molecule has 0 atom stereocenters. The molecule has 10 aromatic rings. The second kappa shape index (κ2) is 12.9. The molecule has 4 heteroatoms. The van der Waals surface area contributed by atoms with Gasteiger partial charge in [-0.3, -0.25) is 0 Å². The molecule has 248 valence electrons. The maximum Gasteiger partial charge on any atom is 0.164 e. The van der Waals surface area contributed by atoms with Crippen LogP contribution in [0.15, 0.2) is 192 Å². The summed E-state index contributed by atoms with van der Waals surface area (Å²) < 4.78 is 6.45. The van der Waals surface area contributed by atoms with Gasteiger partial charge in [-0.15, -0.1) is 0 Å². The molecule has 8 aromatic carbocycles. The summed E-state index contributed by atoms with van der Waals surface area (Å²) >= 11 is 0. The maximum absolute atomic E-state index is 6.45. The highest BCUT2D eigenvalue weighted by atomic mass is 16.3. The summed E-state index contributed by atoms with van der Waals surface area (Å²) in [4.78, 5) is 15.3. The lowest BCUT2D eigenvalue weighted by Crippen LogP contribution is -2.00. The molecule has 2 aromatic heterocycles. The van der Waals surface area contributed by atoms with Crippen molar-refractivity contribution < 1.29 is 4.42 Å². The third-order valence-electron chi connectivity index (χ3n) is 9.95. The molecular formula is C49H31N3O. The molecule has 0 saturated heterocycles. The Labute approximate surface area is 306 Å². The Bertz CT molecular complexity index is 2930. The topological polar surface area (TPSA) is 51.8 Å². The Kier molecular flexibility index (Phi) is 7.43. The summed E-state index contributed by atoms with van der Waals surface area (Å²) in [6, 6.07) is 65.2. The normalized spacial score (nSPS) is 11.4. The molecule has 2 heterocycles. The van der Waals surface area contributed by atoms with Gasteiger partial charge in [0.1, 0.15) is 11.2 Å². The van der Waals surface area contributed by atoms with Crippen LogP contribution in [0, 0.1) is 0 Å². The van der Waals surface area contributed by atoms with E-state index in [0.717, 1.165) is 60.9 Å². The van der Waals surface area contributed by atoms with E-state index in [2.05, 4.69) is 140 Å². The molecule has 0 bridgehead atoms. The highest BCUT2D eigenvalue weighted by molar-refractivity contribution is 6.13. The van der Waals surface area contributed by atoms with Crippen LogP contribution in [0.2, 0.25) is 0 Å². The third-order valence-corrected chi connectivity index (χ3v) is 9.95. The van der Waals surface area contributed by atoms with E-state index < -0.39 is 0 Å². The minimum Gasteiger partial charge on any atom is -0.456 e. The molecule has 10 rings (SSSR count). The fourth-order valence-corrected chi connectivity index (χ4v) is 7.32. The summed E-state index contributed by atoms with van der Waals surface area (Å²) in [5.41, 5.74) is 11.3. The van der Waals surface area contributed by atoms with Crippen molar-refractivity contribution in [2.45, 2.75) is 0 Å². The molecule has 4 nitrogen and oxygen atoms in total. The summed E-state index contributed by atoms with van der Waals surface area (Å²) in [7, 11) is 0. The average Bonchev–Trinajstić information content (AvgIpc) is 3.62. The Morgan fingerprint density at radius 1 is 0.302 bits per heavy atom. The second-order valence-corrected chi connectivity index (χ2v) is 13.2. The van der Waals surface area contributed by atoms with Crippen LogP contribution < -0.4 is 0 Å². The van der Waals surface area contributed by atoms with E-state index in [-0.39, 0.29) is 0 Å². The fourth-order valence-electron chi connectivity index (χ4n) is 7.32. The lowest BCUT2D eigenvalue weighted by atomic mass is 9.95. The van der Waals surface area contributed by atoms with Gasteiger partial charge in [-0.05, 0) is 68.4 Å². The minimum absolute atomic E-state index is 0.595. The second-order valence-electron chi connectivity index (χ2n) is 13.2. The molecule has 0 N–H and O–H groups in total. The smallest absolute Gasteiger partial charge is 0.164 e. The van der Waals surface area contributed by atoms with Crippen LogP contribution >= 0.6 is 0 Å². The highest BCUT2D eigenvalue weighted by Crippen LogP contribution is 2.39. The van der Waals surface area contributed by atoms with E-state index in [1.807, 2.05) is 48.5 Å². The molecule has 0 saturated carbocycles. The first kappa shape index (κ1) is 30.6. The van der Waals surface area contributed by atoms with E-state index in [1.54, 1.807) is 0 Å². The quantitative estimate of drug-likeness (QED) is 0.176. The standard InChI is InChI=1S/C49H31N3O/c1-3-12-32(13-4-1)37-18-9-19-39(30-37)48-50-47(36-15-5-2-6-16-36)51-49(52-48)42-22-11-23-45-46(42)43-31-38(28-29-44(43)53-45)33-24-26-35(27-25-33)41-21-10-17-34-14-7-8-20-40(34)41/h1-31H. The molecule has 0 unspecified atom stereocenters. The first-order valence-electron chi connectivity index (χ1n) is 17.8. The van der Waals surface area contributed by atoms with Crippen molar-refractivity contribution in [2.24, 2.45) is 0 Å². The molecule has 53 heavy (non-hydrogen) atoms. The van der Waals surface area contributed by atoms with Gasteiger partial charge in [0.05, 0.1) is 0 Å². The van der Waals surface area contributed by atoms with Crippen LogP contribution in [-0.2, 0) is 0 Å². The van der Waals surface area contributed by atoms with E-state index >= 15 is 0 Å². The van der Waals surface area contributed by atoms with Crippen LogP contribution in [0.3, 0.4) is 0 Å². The first-order valence-corrected chi connectivity index (χ1v) is 17.8. The predicted octanol–water partition coefficient (Wildman–Crippen LogP) is 12.9. The van der Waals surface area contributed by atoms with Crippen molar-refractivity contribution in [3.05, 3.63) is 188 Å². The third kappa shape index (κ3) is 5.63. The predicted molar refractivity (Wildman–Crippen MR) is 217 cm³/mol. The van der Waals surface area contributed by atoms with E-state index in [0.29, 0.717) is 17.5 Å². The van der Waals surface area contributed by atoms with Gasteiger partial charge < -0.3 is 4.42 Å². The lowest BCUT2D eigenvalue weighted by molar-refractivity contribution is 0.669. The Morgan fingerprint density at radius 2 is 0.849 bits per heavy atom. The summed E-state index contributed by atoms with van der Waals surface area (Å²) in [5.74, 6) is 1.83. The molecule has 0 spiro atoms. The van der Waals surface area contributed by atoms with E-state index in [9.17, 15) is 0 Å². The Hall–Kier alpha value is -7.17. The van der Waals surface area contributed by atoms with Crippen LogP contribution in [0.1, 0.15) is 0 Å². The molecule has 0 radical (unpaired) electrons. The summed E-state index contributed by atoms with van der Waals surface area (Å²) in [6.07, 6.45) is 0. The SMILES string of the molecule is c1ccc(-c2cccc(-c3nc(-c4ccccc4)nc(-c4cccc5oc6ccc(-c7ccc(-c8cccc9ccccc89)cc7)cc6c45)n3)c2)cc1. The van der Waals surface area contributed by atoms with Crippen LogP contribution in [0.4, 0.5) is 0 Å². The summed E-state index contributed by atoms with van der Waals surface area (Å²) in [5, 5.41) is 4.48. The van der Waals surface area contributed by atoms with Crippen LogP contribution in [0.25, 0.3) is 100 Å². The lowest BCUT2D eigenvalue weighted by Gasteiger charge is -2.10. The number of benzene rings is 8. The Balaban J connectivity index is 1.10. The van der Waals surface area contributed by atoms with Crippen LogP contribution in [0.5, 0.6) is 0 Å². The van der Waals surface area contributed by atoms with Crippen molar-refractivity contribution in [2.75, 3.05) is 0 Å². The highest BCUT2D eigenvalue weighted by Gasteiger charge is 2.19. The summed E-state index contributed by atoms with van der Waals surface area (Å²) in [6.45, 7) is 0. The molecule has 0 aliphatic rings. The Morgan fingerprint density at radius 3 is 1.68 bits per heavy atom. The van der Waals surface area contributed by atoms with Gasteiger partial charge in [-0.2, -0.15) is 0 Å². The van der Waals surface area contributed by atoms with Gasteiger partial charge in [0.2, 0.25) is 0 Å². The number of furan rings is 1. The first-order chi connectivity index (χ1) is 26.2. The van der Waals surface area contributed by atoms with Gasteiger partial charge in [0, 0.05) is 27.5 Å². The molecular weight excluding hydrogens is 647 g/mol. The van der Waals surface area contributed by atoms with Crippen molar-refractivity contribution >= 4 is 32.7 Å². The van der Waals surface area contributed by atoms with E-state index in [4.69, 9.17) is 19.4 Å². The zero-order valence-corrected chi connectivity index (χ0v) is 28.6. The zero-order valence-electron chi connectivity index (χ0n) is 28.6. The van der Waals surface area contributed by atoms with Crippen molar-refractivity contribution in [1.82, 2.24) is 15.0 Å². The fraction of sp³-hybridized carbons (Fsp3) is 0. The van der Waals surface area contributed by atoms with Gasteiger partial charge in [0.15, 0.2) is 17.5 Å². The van der Waals surface area contributed by atoms with Crippen LogP contribution in [-0.4, -0.2) is 15.0 Å². The average molecular weight is 678 g/mol. The zero-order chi connectivity index (χ0) is 35.1. The number of nitrogens with zero attached hydrogens (tertiary/aromatic N) is 3. The van der Waals surface area contributed by atoms with Gasteiger partial charge in [-0.1, -0.05) is 164 Å². The van der Waals surface area contributed by atoms with Gasteiger partial charge >= 0.3 is 0 Å². The number of hydrogen-bond donors (Lipinski definition) is 0. The van der Waals surface area contributed by atoms with Crippen molar-refractivity contribution in [3.8, 4) is 67.5 Å². The molecule has 0 fully saturated rings. The van der Waals surface area contributed by atoms with Gasteiger partial charge in [-0.25, -0.2) is 15.0 Å². The molecule has 0 amide bonds. The maximum atomic E-state index is 6.45. The number of aromatic nitrogens is 3.